The van der Waals surface area contributed by atoms with Gasteiger partial charge in [-0.2, -0.15) is 0 Å². The van der Waals surface area contributed by atoms with E-state index in [0.717, 1.165) is 32.2 Å². The molecule has 3 N–H and O–H groups in total. The van der Waals surface area contributed by atoms with Crippen molar-refractivity contribution in [1.29, 1.82) is 0 Å². The van der Waals surface area contributed by atoms with Crippen LogP contribution in [0.2, 0.25) is 5.02 Å². The molecule has 1 aromatic carbocycles. The van der Waals surface area contributed by atoms with Gasteiger partial charge in [0.1, 0.15) is 0 Å². The molecule has 0 aromatic heterocycles. The molecule has 5 nitrogen and oxygen atoms in total. The monoisotopic (exact) mass is 349 g/mol. The first-order chi connectivity index (χ1) is 11.6. The summed E-state index contributed by atoms with van der Waals surface area (Å²) in [6.45, 7) is 0.750. The Morgan fingerprint density at radius 2 is 1.58 bits per heavy atom. The molecule has 130 valence electrons. The van der Waals surface area contributed by atoms with Gasteiger partial charge in [0.25, 0.3) is 5.91 Å². The van der Waals surface area contributed by atoms with Gasteiger partial charge in [-0.05, 0) is 55.9 Å². The fraction of sp³-hybridized carbons (Fsp3) is 0.556. The minimum absolute atomic E-state index is 0.0193. The zero-order valence-electron chi connectivity index (χ0n) is 13.7. The van der Waals surface area contributed by atoms with Crippen LogP contribution in [0, 0.1) is 5.92 Å². The number of hydrogen-bond donors (Lipinski definition) is 3. The van der Waals surface area contributed by atoms with Gasteiger partial charge in [0, 0.05) is 23.2 Å². The number of carbonyl (C=O) groups is 2. The van der Waals surface area contributed by atoms with E-state index in [9.17, 15) is 9.59 Å². The molecule has 0 saturated heterocycles. The van der Waals surface area contributed by atoms with Gasteiger partial charge >= 0.3 is 6.03 Å². The number of urea groups is 1. The second-order valence-electron chi connectivity index (χ2n) is 6.78. The average molecular weight is 350 g/mol. The molecule has 6 heteroatoms. The van der Waals surface area contributed by atoms with Crippen LogP contribution in [0.4, 0.5) is 4.79 Å². The Morgan fingerprint density at radius 3 is 2.21 bits per heavy atom. The predicted molar refractivity (Wildman–Crippen MR) is 94.2 cm³/mol. The molecule has 0 bridgehead atoms. The third-order valence-electron chi connectivity index (χ3n) is 4.75. The Bertz CT molecular complexity index is 586. The largest absolute Gasteiger partial charge is 0.347 e. The topological polar surface area (TPSA) is 70.2 Å². The maximum absolute atomic E-state index is 12.4. The smallest absolute Gasteiger partial charge is 0.315 e. The summed E-state index contributed by atoms with van der Waals surface area (Å²) in [4.78, 5) is 24.4. The van der Waals surface area contributed by atoms with Crippen LogP contribution < -0.4 is 16.0 Å². The van der Waals surface area contributed by atoms with E-state index < -0.39 is 0 Å². The SMILES string of the molecule is O=C(NCC1CC1)NC1CCCCC1NC(=O)c1ccc(Cl)cc1. The van der Waals surface area contributed by atoms with Gasteiger partial charge in [-0.25, -0.2) is 4.79 Å². The van der Waals surface area contributed by atoms with Crippen molar-refractivity contribution in [3.63, 3.8) is 0 Å². The molecule has 0 spiro atoms. The molecule has 1 aromatic rings. The molecule has 2 aliphatic rings. The van der Waals surface area contributed by atoms with Crippen molar-refractivity contribution in [1.82, 2.24) is 16.0 Å². The molecular formula is C18H24ClN3O2. The van der Waals surface area contributed by atoms with E-state index >= 15 is 0 Å². The molecular weight excluding hydrogens is 326 g/mol. The molecule has 0 heterocycles. The minimum Gasteiger partial charge on any atom is -0.347 e. The van der Waals surface area contributed by atoms with Crippen LogP contribution in [0.3, 0.4) is 0 Å². The van der Waals surface area contributed by atoms with Crippen molar-refractivity contribution >= 4 is 23.5 Å². The molecule has 0 aliphatic heterocycles. The fourth-order valence-corrected chi connectivity index (χ4v) is 3.23. The Labute approximate surface area is 147 Å². The number of halogens is 1. The normalized spacial score (nSPS) is 23.4. The van der Waals surface area contributed by atoms with Crippen LogP contribution in [-0.4, -0.2) is 30.6 Å². The number of carbonyl (C=O) groups excluding carboxylic acids is 2. The van der Waals surface area contributed by atoms with Gasteiger partial charge < -0.3 is 16.0 Å². The number of nitrogens with one attached hydrogen (secondary N) is 3. The van der Waals surface area contributed by atoms with Gasteiger partial charge in [0.2, 0.25) is 0 Å². The van der Waals surface area contributed by atoms with Crippen molar-refractivity contribution < 1.29 is 9.59 Å². The molecule has 2 fully saturated rings. The number of rotatable bonds is 5. The van der Waals surface area contributed by atoms with Gasteiger partial charge in [-0.3, -0.25) is 4.79 Å². The highest BCUT2D eigenvalue weighted by Crippen LogP contribution is 2.27. The lowest BCUT2D eigenvalue weighted by Gasteiger charge is -2.32. The summed E-state index contributed by atoms with van der Waals surface area (Å²) >= 11 is 5.86. The first-order valence-electron chi connectivity index (χ1n) is 8.72. The van der Waals surface area contributed by atoms with E-state index in [4.69, 9.17) is 11.6 Å². The second-order valence-corrected chi connectivity index (χ2v) is 7.21. The Kier molecular flexibility index (Phi) is 5.61. The van der Waals surface area contributed by atoms with Gasteiger partial charge in [-0.15, -0.1) is 0 Å². The quantitative estimate of drug-likeness (QED) is 0.764. The van der Waals surface area contributed by atoms with Crippen molar-refractivity contribution in [2.75, 3.05) is 6.54 Å². The van der Waals surface area contributed by atoms with Crippen LogP contribution in [-0.2, 0) is 0 Å². The predicted octanol–water partition coefficient (Wildman–Crippen LogP) is 3.09. The second kappa shape index (κ2) is 7.88. The van der Waals surface area contributed by atoms with Crippen LogP contribution in [0.25, 0.3) is 0 Å². The summed E-state index contributed by atoms with van der Waals surface area (Å²) in [5, 5.41) is 9.63. The standard InChI is InChI=1S/C18H24ClN3O2/c19-14-9-7-13(8-10-14)17(23)21-15-3-1-2-4-16(15)22-18(24)20-11-12-5-6-12/h7-10,12,15-16H,1-6,11H2,(H,21,23)(H2,20,22,24). The molecule has 24 heavy (non-hydrogen) atoms. The van der Waals surface area contributed by atoms with E-state index in [1.807, 2.05) is 0 Å². The zero-order chi connectivity index (χ0) is 16.9. The van der Waals surface area contributed by atoms with E-state index in [1.165, 1.54) is 12.8 Å². The van der Waals surface area contributed by atoms with Crippen molar-refractivity contribution in [3.05, 3.63) is 34.9 Å². The minimum atomic E-state index is -0.125. The molecule has 0 radical (unpaired) electrons. The lowest BCUT2D eigenvalue weighted by atomic mass is 9.90. The lowest BCUT2D eigenvalue weighted by molar-refractivity contribution is 0.0916. The lowest BCUT2D eigenvalue weighted by Crippen LogP contribution is -2.55. The Balaban J connectivity index is 1.53. The number of benzene rings is 1. The number of hydrogen-bond acceptors (Lipinski definition) is 2. The Hall–Kier alpha value is -1.75. The van der Waals surface area contributed by atoms with E-state index in [0.29, 0.717) is 16.5 Å². The summed E-state index contributed by atoms with van der Waals surface area (Å²) in [5.74, 6) is 0.534. The summed E-state index contributed by atoms with van der Waals surface area (Å²) in [7, 11) is 0. The third kappa shape index (κ3) is 4.87. The Morgan fingerprint density at radius 1 is 0.958 bits per heavy atom. The molecule has 2 aliphatic carbocycles. The first kappa shape index (κ1) is 17.1. The highest BCUT2D eigenvalue weighted by Gasteiger charge is 2.28. The van der Waals surface area contributed by atoms with Gasteiger partial charge in [0.05, 0.1) is 6.04 Å². The highest BCUT2D eigenvalue weighted by atomic mass is 35.5. The maximum Gasteiger partial charge on any atom is 0.315 e. The average Bonchev–Trinajstić information content (AvgIpc) is 3.40. The molecule has 2 saturated carbocycles. The van der Waals surface area contributed by atoms with Gasteiger partial charge in [-0.1, -0.05) is 24.4 Å². The van der Waals surface area contributed by atoms with Crippen LogP contribution >= 0.6 is 11.6 Å². The van der Waals surface area contributed by atoms with E-state index in [-0.39, 0.29) is 24.0 Å². The summed E-state index contributed by atoms with van der Waals surface area (Å²) in [6.07, 6.45) is 6.33. The summed E-state index contributed by atoms with van der Waals surface area (Å²) in [6, 6.07) is 6.66. The molecule has 3 rings (SSSR count). The first-order valence-corrected chi connectivity index (χ1v) is 9.10. The zero-order valence-corrected chi connectivity index (χ0v) is 14.4. The highest BCUT2D eigenvalue weighted by molar-refractivity contribution is 6.30. The summed E-state index contributed by atoms with van der Waals surface area (Å²) < 4.78 is 0. The van der Waals surface area contributed by atoms with Crippen LogP contribution in [0.5, 0.6) is 0 Å². The third-order valence-corrected chi connectivity index (χ3v) is 5.01. The fourth-order valence-electron chi connectivity index (χ4n) is 3.11. The van der Waals surface area contributed by atoms with Crippen LogP contribution in [0.15, 0.2) is 24.3 Å². The molecule has 2 unspecified atom stereocenters. The summed E-state index contributed by atoms with van der Waals surface area (Å²) in [5.41, 5.74) is 0.585. The maximum atomic E-state index is 12.4. The molecule has 3 amide bonds. The number of amides is 3. The molecule has 2 atom stereocenters. The van der Waals surface area contributed by atoms with Crippen molar-refractivity contribution in [2.24, 2.45) is 5.92 Å². The van der Waals surface area contributed by atoms with Crippen molar-refractivity contribution in [3.8, 4) is 0 Å². The van der Waals surface area contributed by atoms with Crippen LogP contribution in [0.1, 0.15) is 48.9 Å². The van der Waals surface area contributed by atoms with E-state index in [1.54, 1.807) is 24.3 Å². The van der Waals surface area contributed by atoms with Crippen molar-refractivity contribution in [2.45, 2.75) is 50.6 Å². The van der Waals surface area contributed by atoms with E-state index in [2.05, 4.69) is 16.0 Å². The van der Waals surface area contributed by atoms with Gasteiger partial charge in [0.15, 0.2) is 0 Å².